The van der Waals surface area contributed by atoms with Crippen LogP contribution in [0.2, 0.25) is 0 Å². The monoisotopic (exact) mass is 292 g/mol. The van der Waals surface area contributed by atoms with Crippen molar-refractivity contribution in [2.45, 2.75) is 19.4 Å². The molecule has 1 saturated carbocycles. The van der Waals surface area contributed by atoms with E-state index in [0.717, 1.165) is 24.6 Å². The summed E-state index contributed by atoms with van der Waals surface area (Å²) in [7, 11) is 3.37. The maximum Gasteiger partial charge on any atom is 0.340 e. The number of hydrogen-bond donors (Lipinski definition) is 1. The lowest BCUT2D eigenvalue weighted by Gasteiger charge is -2.19. The highest BCUT2D eigenvalue weighted by atomic mass is 16.5. The Morgan fingerprint density at radius 3 is 2.86 bits per heavy atom. The van der Waals surface area contributed by atoms with Gasteiger partial charge in [0.15, 0.2) is 0 Å². The zero-order valence-corrected chi connectivity index (χ0v) is 12.8. The van der Waals surface area contributed by atoms with Gasteiger partial charge in [0.25, 0.3) is 0 Å². The van der Waals surface area contributed by atoms with Crippen LogP contribution in [0.1, 0.15) is 28.8 Å². The molecule has 0 aliphatic heterocycles. The van der Waals surface area contributed by atoms with Crippen molar-refractivity contribution in [2.75, 3.05) is 39.6 Å². The largest absolute Gasteiger partial charge is 0.465 e. The molecule has 5 heteroatoms. The van der Waals surface area contributed by atoms with Gasteiger partial charge in [-0.15, -0.1) is 0 Å². The van der Waals surface area contributed by atoms with Crippen molar-refractivity contribution in [2.24, 2.45) is 5.92 Å². The molecule has 0 unspecified atom stereocenters. The van der Waals surface area contributed by atoms with Gasteiger partial charge in [0, 0.05) is 25.4 Å². The molecule has 0 amide bonds. The van der Waals surface area contributed by atoms with Crippen molar-refractivity contribution in [3.63, 3.8) is 0 Å². The lowest BCUT2D eigenvalue weighted by molar-refractivity contribution is 0.0599. The Morgan fingerprint density at radius 1 is 1.43 bits per heavy atom. The van der Waals surface area contributed by atoms with Gasteiger partial charge in [0.05, 0.1) is 19.3 Å². The third-order valence-electron chi connectivity index (χ3n) is 3.68. The van der Waals surface area contributed by atoms with Gasteiger partial charge in [-0.25, -0.2) is 4.79 Å². The predicted octanol–water partition coefficient (Wildman–Crippen LogP) is 1.91. The molecule has 116 valence electrons. The number of nitrogens with two attached hydrogens (primary N) is 1. The number of nitrogens with zero attached hydrogens (tertiary/aromatic N) is 1. The van der Waals surface area contributed by atoms with Gasteiger partial charge in [-0.3, -0.25) is 4.90 Å². The molecule has 0 bridgehead atoms. The molecule has 0 saturated heterocycles. The van der Waals surface area contributed by atoms with Crippen LogP contribution in [-0.2, 0) is 16.0 Å². The molecule has 0 aromatic heterocycles. The first-order valence-electron chi connectivity index (χ1n) is 7.33. The summed E-state index contributed by atoms with van der Waals surface area (Å²) in [6, 6.07) is 5.48. The average Bonchev–Trinajstić information content (AvgIpc) is 3.27. The average molecular weight is 292 g/mol. The summed E-state index contributed by atoms with van der Waals surface area (Å²) in [6.07, 6.45) is 2.61. The van der Waals surface area contributed by atoms with Gasteiger partial charge in [0.1, 0.15) is 0 Å². The van der Waals surface area contributed by atoms with Gasteiger partial charge in [-0.05, 0) is 37.4 Å². The van der Waals surface area contributed by atoms with E-state index in [4.69, 9.17) is 15.2 Å². The minimum absolute atomic E-state index is 0.388. The number of esters is 1. The molecule has 0 heterocycles. The van der Waals surface area contributed by atoms with Crippen LogP contribution in [0.25, 0.3) is 0 Å². The second-order valence-electron chi connectivity index (χ2n) is 5.63. The summed E-state index contributed by atoms with van der Waals surface area (Å²) < 4.78 is 10.4. The first-order chi connectivity index (χ1) is 10.1. The number of nitrogen functional groups attached to an aromatic ring is 1. The fraction of sp³-hybridized carbons (Fsp3) is 0.562. The van der Waals surface area contributed by atoms with Crippen LogP contribution in [0.4, 0.5) is 5.69 Å². The number of likely N-dealkylation sites (N-methyl/N-ethyl adjacent to an activating group) is 1. The Bertz CT molecular complexity index is 486. The highest BCUT2D eigenvalue weighted by Crippen LogP contribution is 2.28. The summed E-state index contributed by atoms with van der Waals surface area (Å²) in [6.45, 7) is 3.05. The van der Waals surface area contributed by atoms with Crippen molar-refractivity contribution in [1.82, 2.24) is 4.90 Å². The Hall–Kier alpha value is -1.59. The summed E-state index contributed by atoms with van der Waals surface area (Å²) in [5.41, 5.74) is 7.69. The van der Waals surface area contributed by atoms with Crippen LogP contribution in [0.15, 0.2) is 18.2 Å². The van der Waals surface area contributed by atoms with Crippen LogP contribution < -0.4 is 5.73 Å². The van der Waals surface area contributed by atoms with E-state index in [-0.39, 0.29) is 5.97 Å². The van der Waals surface area contributed by atoms with E-state index in [0.29, 0.717) is 24.4 Å². The van der Waals surface area contributed by atoms with Crippen LogP contribution >= 0.6 is 0 Å². The lowest BCUT2D eigenvalue weighted by atomic mass is 10.1. The van der Waals surface area contributed by atoms with Gasteiger partial charge in [0.2, 0.25) is 0 Å². The number of hydrogen-bond acceptors (Lipinski definition) is 5. The second kappa shape index (κ2) is 7.43. The van der Waals surface area contributed by atoms with E-state index in [2.05, 4.69) is 4.90 Å². The van der Waals surface area contributed by atoms with E-state index in [1.807, 2.05) is 19.2 Å². The third-order valence-corrected chi connectivity index (χ3v) is 3.68. The zero-order chi connectivity index (χ0) is 15.2. The zero-order valence-electron chi connectivity index (χ0n) is 12.8. The first-order valence-corrected chi connectivity index (χ1v) is 7.33. The van der Waals surface area contributed by atoms with E-state index >= 15 is 0 Å². The highest BCUT2D eigenvalue weighted by Gasteiger charge is 2.21. The van der Waals surface area contributed by atoms with Crippen LogP contribution in [-0.4, -0.2) is 44.8 Å². The van der Waals surface area contributed by atoms with Gasteiger partial charge < -0.3 is 15.2 Å². The summed E-state index contributed by atoms with van der Waals surface area (Å²) in [4.78, 5) is 14.0. The maximum atomic E-state index is 11.8. The summed E-state index contributed by atoms with van der Waals surface area (Å²) in [5.74, 6) is 0.400. The highest BCUT2D eigenvalue weighted by molar-refractivity contribution is 5.96. The van der Waals surface area contributed by atoms with Crippen molar-refractivity contribution >= 4 is 11.7 Å². The molecular weight excluding hydrogens is 268 g/mol. The van der Waals surface area contributed by atoms with Gasteiger partial charge in [-0.2, -0.15) is 0 Å². The molecule has 1 aliphatic rings. The fourth-order valence-electron chi connectivity index (χ4n) is 2.23. The topological polar surface area (TPSA) is 64.8 Å². The Morgan fingerprint density at radius 2 is 2.19 bits per heavy atom. The Balaban J connectivity index is 1.88. The van der Waals surface area contributed by atoms with Gasteiger partial charge >= 0.3 is 5.97 Å². The van der Waals surface area contributed by atoms with Gasteiger partial charge in [-0.1, -0.05) is 12.1 Å². The van der Waals surface area contributed by atoms with E-state index < -0.39 is 0 Å². The normalized spacial score (nSPS) is 14.4. The molecule has 1 aromatic carbocycles. The number of anilines is 1. The van der Waals surface area contributed by atoms with Crippen molar-refractivity contribution in [3.05, 3.63) is 29.3 Å². The quantitative estimate of drug-likeness (QED) is 0.450. The standard InChI is InChI=1S/C16H24N2O3/c1-18(8-9-21-11-12-6-7-12)10-13-4-3-5-14(17)15(13)16(19)20-2/h3-5,12H,6-11,17H2,1-2H3. The molecule has 1 aromatic rings. The molecule has 0 atom stereocenters. The molecular formula is C16H24N2O3. The van der Waals surface area contributed by atoms with E-state index in [1.54, 1.807) is 6.07 Å². The van der Waals surface area contributed by atoms with E-state index in [9.17, 15) is 4.79 Å². The number of ether oxygens (including phenoxy) is 2. The SMILES string of the molecule is COC(=O)c1c(N)cccc1CN(C)CCOCC1CC1. The van der Waals surface area contributed by atoms with Crippen molar-refractivity contribution in [1.29, 1.82) is 0 Å². The number of carbonyl (C=O) groups is 1. The van der Waals surface area contributed by atoms with Crippen molar-refractivity contribution < 1.29 is 14.3 Å². The molecule has 2 rings (SSSR count). The first kappa shape index (κ1) is 15.8. The minimum Gasteiger partial charge on any atom is -0.465 e. The van der Waals surface area contributed by atoms with Crippen molar-refractivity contribution in [3.8, 4) is 0 Å². The number of rotatable bonds is 8. The Labute approximate surface area is 126 Å². The molecule has 0 spiro atoms. The molecule has 2 N–H and O–H groups in total. The molecule has 5 nitrogen and oxygen atoms in total. The number of benzene rings is 1. The third kappa shape index (κ3) is 4.72. The second-order valence-corrected chi connectivity index (χ2v) is 5.63. The number of methoxy groups -OCH3 is 1. The number of carbonyl (C=O) groups excluding carboxylic acids is 1. The molecule has 0 radical (unpaired) electrons. The lowest BCUT2D eigenvalue weighted by Crippen LogP contribution is -2.24. The summed E-state index contributed by atoms with van der Waals surface area (Å²) >= 11 is 0. The minimum atomic E-state index is -0.388. The predicted molar refractivity (Wildman–Crippen MR) is 82.1 cm³/mol. The molecule has 1 fully saturated rings. The summed E-state index contributed by atoms with van der Waals surface area (Å²) in [5, 5.41) is 0. The fourth-order valence-corrected chi connectivity index (χ4v) is 2.23. The van der Waals surface area contributed by atoms with Crippen LogP contribution in [0.3, 0.4) is 0 Å². The van der Waals surface area contributed by atoms with Crippen LogP contribution in [0, 0.1) is 5.92 Å². The maximum absolute atomic E-state index is 11.8. The Kier molecular flexibility index (Phi) is 5.59. The molecule has 21 heavy (non-hydrogen) atoms. The van der Waals surface area contributed by atoms with E-state index in [1.165, 1.54) is 20.0 Å². The van der Waals surface area contributed by atoms with Crippen LogP contribution in [0.5, 0.6) is 0 Å². The smallest absolute Gasteiger partial charge is 0.340 e. The molecule has 1 aliphatic carbocycles.